The maximum atomic E-state index is 10.3. The highest BCUT2D eigenvalue weighted by atomic mass is 32.2. The standard InChI is InChI=1S/C4H5NOS/c5-4-3(6)1-2-7-4/h5H,1-2H2. The number of carbonyl (C=O) groups is 1. The summed E-state index contributed by atoms with van der Waals surface area (Å²) in [5, 5.41) is 7.10. The molecule has 0 aliphatic carbocycles. The first-order chi connectivity index (χ1) is 3.30. The normalized spacial score (nSPS) is 21.1. The molecule has 0 aromatic heterocycles. The molecule has 1 rings (SSSR count). The van der Waals surface area contributed by atoms with Crippen LogP contribution in [0.4, 0.5) is 0 Å². The molecule has 0 saturated carbocycles. The second kappa shape index (κ2) is 1.66. The van der Waals surface area contributed by atoms with Gasteiger partial charge in [-0.25, -0.2) is 0 Å². The zero-order chi connectivity index (χ0) is 5.28. The third-order valence-corrected chi connectivity index (χ3v) is 1.75. The van der Waals surface area contributed by atoms with Gasteiger partial charge in [0.1, 0.15) is 5.04 Å². The van der Waals surface area contributed by atoms with Gasteiger partial charge in [0.15, 0.2) is 5.78 Å². The average molecular weight is 115 g/mol. The van der Waals surface area contributed by atoms with Crippen LogP contribution >= 0.6 is 11.8 Å². The van der Waals surface area contributed by atoms with Crippen LogP contribution in [0.15, 0.2) is 0 Å². The van der Waals surface area contributed by atoms with Crippen LogP contribution in [-0.2, 0) is 4.79 Å². The quantitative estimate of drug-likeness (QED) is 0.504. The van der Waals surface area contributed by atoms with Gasteiger partial charge in [0.05, 0.1) is 0 Å². The van der Waals surface area contributed by atoms with Gasteiger partial charge < -0.3 is 0 Å². The molecule has 7 heavy (non-hydrogen) atoms. The maximum absolute atomic E-state index is 10.3. The van der Waals surface area contributed by atoms with Gasteiger partial charge in [-0.3, -0.25) is 10.2 Å². The second-order valence-corrected chi connectivity index (χ2v) is 2.46. The van der Waals surface area contributed by atoms with Crippen LogP contribution < -0.4 is 0 Å². The molecule has 0 bridgehead atoms. The predicted octanol–water partition coefficient (Wildman–Crippen LogP) is 0.670. The van der Waals surface area contributed by atoms with E-state index in [1.165, 1.54) is 11.8 Å². The molecule has 1 aliphatic heterocycles. The Balaban J connectivity index is 2.65. The van der Waals surface area contributed by atoms with E-state index in [2.05, 4.69) is 0 Å². The van der Waals surface area contributed by atoms with Gasteiger partial charge in [0, 0.05) is 12.2 Å². The Labute approximate surface area is 45.8 Å². The minimum absolute atomic E-state index is 0.00463. The monoisotopic (exact) mass is 115 g/mol. The largest absolute Gasteiger partial charge is 0.292 e. The van der Waals surface area contributed by atoms with E-state index >= 15 is 0 Å². The van der Waals surface area contributed by atoms with Crippen molar-refractivity contribution in [2.24, 2.45) is 0 Å². The van der Waals surface area contributed by atoms with Crippen LogP contribution in [0.5, 0.6) is 0 Å². The van der Waals surface area contributed by atoms with E-state index in [0.717, 1.165) is 5.75 Å². The third-order valence-electron chi connectivity index (χ3n) is 0.829. The number of thioether (sulfide) groups is 1. The summed E-state index contributed by atoms with van der Waals surface area (Å²) in [7, 11) is 0. The lowest BCUT2D eigenvalue weighted by Gasteiger charge is -1.77. The summed E-state index contributed by atoms with van der Waals surface area (Å²) in [6.45, 7) is 0. The summed E-state index contributed by atoms with van der Waals surface area (Å²) in [5.41, 5.74) is 0. The van der Waals surface area contributed by atoms with Crippen LogP contribution in [-0.4, -0.2) is 16.6 Å². The molecule has 1 aliphatic rings. The van der Waals surface area contributed by atoms with E-state index in [1.807, 2.05) is 0 Å². The molecule has 1 N–H and O–H groups in total. The number of hydrogen-bond acceptors (Lipinski definition) is 3. The molecule has 0 radical (unpaired) electrons. The molecular weight excluding hydrogens is 110 g/mol. The number of rotatable bonds is 0. The predicted molar refractivity (Wildman–Crippen MR) is 29.8 cm³/mol. The number of Topliss-reactive ketones (excluding diaryl/α,β-unsaturated/α-hetero) is 1. The van der Waals surface area contributed by atoms with Crippen molar-refractivity contribution in [3.63, 3.8) is 0 Å². The summed E-state index contributed by atoms with van der Waals surface area (Å²) in [6, 6.07) is 0. The molecule has 1 saturated heterocycles. The fourth-order valence-electron chi connectivity index (χ4n) is 0.440. The van der Waals surface area contributed by atoms with Gasteiger partial charge in [-0.05, 0) is 0 Å². The van der Waals surface area contributed by atoms with Crippen molar-refractivity contribution in [1.29, 1.82) is 5.41 Å². The van der Waals surface area contributed by atoms with Crippen molar-refractivity contribution in [2.75, 3.05) is 5.75 Å². The van der Waals surface area contributed by atoms with Gasteiger partial charge in [0.25, 0.3) is 0 Å². The molecule has 0 amide bonds. The Morgan fingerprint density at radius 3 is 2.57 bits per heavy atom. The third kappa shape index (κ3) is 0.825. The number of ketones is 1. The number of carbonyl (C=O) groups excluding carboxylic acids is 1. The lowest BCUT2D eigenvalue weighted by Crippen LogP contribution is -1.97. The first kappa shape index (κ1) is 4.84. The number of nitrogens with one attached hydrogen (secondary N) is 1. The lowest BCUT2D eigenvalue weighted by atomic mass is 10.3. The maximum Gasteiger partial charge on any atom is 0.187 e. The van der Waals surface area contributed by atoms with E-state index in [0.29, 0.717) is 6.42 Å². The van der Waals surface area contributed by atoms with E-state index in [-0.39, 0.29) is 10.8 Å². The molecule has 1 heterocycles. The fraction of sp³-hybridized carbons (Fsp3) is 0.500. The van der Waals surface area contributed by atoms with Crippen molar-refractivity contribution in [3.05, 3.63) is 0 Å². The van der Waals surface area contributed by atoms with E-state index in [1.54, 1.807) is 0 Å². The fourth-order valence-corrected chi connectivity index (χ4v) is 1.19. The van der Waals surface area contributed by atoms with Crippen LogP contribution in [0.3, 0.4) is 0 Å². The minimum Gasteiger partial charge on any atom is -0.292 e. The molecular formula is C4H5NOS. The van der Waals surface area contributed by atoms with Crippen molar-refractivity contribution in [3.8, 4) is 0 Å². The zero-order valence-corrected chi connectivity index (χ0v) is 4.55. The highest BCUT2D eigenvalue weighted by Gasteiger charge is 2.16. The molecule has 2 nitrogen and oxygen atoms in total. The van der Waals surface area contributed by atoms with Crippen LogP contribution in [0.1, 0.15) is 6.42 Å². The molecule has 0 unspecified atom stereocenters. The van der Waals surface area contributed by atoms with Crippen LogP contribution in [0.2, 0.25) is 0 Å². The van der Waals surface area contributed by atoms with Gasteiger partial charge in [-0.15, -0.1) is 11.8 Å². The second-order valence-electron chi connectivity index (χ2n) is 1.35. The Morgan fingerprint density at radius 2 is 2.43 bits per heavy atom. The first-order valence-corrected chi connectivity index (χ1v) is 3.04. The van der Waals surface area contributed by atoms with E-state index in [9.17, 15) is 4.79 Å². The first-order valence-electron chi connectivity index (χ1n) is 2.05. The van der Waals surface area contributed by atoms with Crippen molar-refractivity contribution in [2.45, 2.75) is 6.42 Å². The Hall–Kier alpha value is -0.310. The van der Waals surface area contributed by atoms with E-state index in [4.69, 9.17) is 5.41 Å². The van der Waals surface area contributed by atoms with Crippen molar-refractivity contribution >= 4 is 22.6 Å². The zero-order valence-electron chi connectivity index (χ0n) is 3.73. The molecule has 3 heteroatoms. The Kier molecular flexibility index (Phi) is 1.15. The van der Waals surface area contributed by atoms with E-state index < -0.39 is 0 Å². The summed E-state index contributed by atoms with van der Waals surface area (Å²) >= 11 is 1.34. The molecule has 1 fully saturated rings. The molecule has 0 atom stereocenters. The molecule has 0 aromatic carbocycles. The summed E-state index contributed by atoms with van der Waals surface area (Å²) in [6.07, 6.45) is 0.573. The van der Waals surface area contributed by atoms with Crippen LogP contribution in [0, 0.1) is 5.41 Å². The van der Waals surface area contributed by atoms with Crippen molar-refractivity contribution in [1.82, 2.24) is 0 Å². The SMILES string of the molecule is N=C1SCCC1=O. The van der Waals surface area contributed by atoms with Gasteiger partial charge >= 0.3 is 0 Å². The van der Waals surface area contributed by atoms with Gasteiger partial charge in [-0.2, -0.15) is 0 Å². The smallest absolute Gasteiger partial charge is 0.187 e. The number of hydrogen-bond donors (Lipinski definition) is 1. The Bertz CT molecular complexity index is 107. The molecule has 0 aromatic rings. The van der Waals surface area contributed by atoms with Crippen molar-refractivity contribution < 1.29 is 4.79 Å². The summed E-state index contributed by atoms with van der Waals surface area (Å²) < 4.78 is 0. The molecule has 38 valence electrons. The topological polar surface area (TPSA) is 40.9 Å². The summed E-state index contributed by atoms with van der Waals surface area (Å²) in [4.78, 5) is 10.3. The van der Waals surface area contributed by atoms with Gasteiger partial charge in [0.2, 0.25) is 0 Å². The Morgan fingerprint density at radius 1 is 1.71 bits per heavy atom. The lowest BCUT2D eigenvalue weighted by molar-refractivity contribution is -0.112. The van der Waals surface area contributed by atoms with Gasteiger partial charge in [-0.1, -0.05) is 0 Å². The highest BCUT2D eigenvalue weighted by molar-refractivity contribution is 8.16. The highest BCUT2D eigenvalue weighted by Crippen LogP contribution is 2.14. The average Bonchev–Trinajstić information content (AvgIpc) is 1.91. The molecule has 0 spiro atoms. The minimum atomic E-state index is 0.00463. The summed E-state index contributed by atoms with van der Waals surface area (Å²) in [5.74, 6) is 0.822. The van der Waals surface area contributed by atoms with Crippen LogP contribution in [0.25, 0.3) is 0 Å².